The van der Waals surface area contributed by atoms with E-state index in [0.717, 1.165) is 32.6 Å². The third-order valence-electron chi connectivity index (χ3n) is 3.19. The van der Waals surface area contributed by atoms with Crippen molar-refractivity contribution in [3.05, 3.63) is 0 Å². The Hall–Kier alpha value is -1.14. The molecule has 1 heterocycles. The third kappa shape index (κ3) is 5.01. The lowest BCUT2D eigenvalue weighted by molar-refractivity contribution is -0.127. The van der Waals surface area contributed by atoms with Crippen molar-refractivity contribution in [3.8, 4) is 0 Å². The van der Waals surface area contributed by atoms with Gasteiger partial charge in [-0.3, -0.25) is 14.5 Å². The molecule has 0 spiro atoms. The SMILES string of the molecule is CC(C)(CNC(=O)CN1CCCNCC1)C(N)=O. The van der Waals surface area contributed by atoms with E-state index in [0.29, 0.717) is 6.54 Å². The maximum absolute atomic E-state index is 11.8. The minimum atomic E-state index is -0.698. The number of hydrogen-bond donors (Lipinski definition) is 3. The van der Waals surface area contributed by atoms with Gasteiger partial charge in [0.05, 0.1) is 12.0 Å². The number of nitrogens with zero attached hydrogens (tertiary/aromatic N) is 1. The molecule has 0 aromatic rings. The van der Waals surface area contributed by atoms with E-state index in [4.69, 9.17) is 5.73 Å². The van der Waals surface area contributed by atoms with Gasteiger partial charge in [0.15, 0.2) is 0 Å². The second-order valence-corrected chi connectivity index (χ2v) is 5.40. The van der Waals surface area contributed by atoms with Crippen LogP contribution < -0.4 is 16.4 Å². The van der Waals surface area contributed by atoms with E-state index in [1.54, 1.807) is 13.8 Å². The van der Waals surface area contributed by atoms with Crippen LogP contribution in [0.25, 0.3) is 0 Å². The largest absolute Gasteiger partial charge is 0.369 e. The van der Waals surface area contributed by atoms with E-state index < -0.39 is 11.3 Å². The van der Waals surface area contributed by atoms with Gasteiger partial charge >= 0.3 is 0 Å². The summed E-state index contributed by atoms with van der Waals surface area (Å²) in [5.41, 5.74) is 4.55. The summed E-state index contributed by atoms with van der Waals surface area (Å²) in [6.07, 6.45) is 1.06. The number of carbonyl (C=O) groups excluding carboxylic acids is 2. The highest BCUT2D eigenvalue weighted by Gasteiger charge is 2.25. The minimum absolute atomic E-state index is 0.0498. The maximum Gasteiger partial charge on any atom is 0.234 e. The van der Waals surface area contributed by atoms with Gasteiger partial charge in [-0.05, 0) is 33.4 Å². The van der Waals surface area contributed by atoms with E-state index in [-0.39, 0.29) is 12.5 Å². The van der Waals surface area contributed by atoms with Crippen molar-refractivity contribution in [1.29, 1.82) is 0 Å². The fourth-order valence-corrected chi connectivity index (χ4v) is 1.73. The summed E-state index contributed by atoms with van der Waals surface area (Å²) in [5, 5.41) is 6.06. The molecular formula is C12H24N4O2. The van der Waals surface area contributed by atoms with Gasteiger partial charge in [-0.1, -0.05) is 0 Å². The summed E-state index contributed by atoms with van der Waals surface area (Å²) in [6, 6.07) is 0. The second-order valence-electron chi connectivity index (χ2n) is 5.40. The molecule has 6 nitrogen and oxygen atoms in total. The monoisotopic (exact) mass is 256 g/mol. The zero-order valence-corrected chi connectivity index (χ0v) is 11.3. The van der Waals surface area contributed by atoms with Crippen LogP contribution in [-0.4, -0.2) is 56.0 Å². The lowest BCUT2D eigenvalue weighted by Crippen LogP contribution is -2.45. The van der Waals surface area contributed by atoms with Crippen molar-refractivity contribution in [1.82, 2.24) is 15.5 Å². The average molecular weight is 256 g/mol. The maximum atomic E-state index is 11.8. The van der Waals surface area contributed by atoms with Gasteiger partial charge in [0.25, 0.3) is 0 Å². The molecule has 0 bridgehead atoms. The average Bonchev–Trinajstić information content (AvgIpc) is 2.55. The zero-order chi connectivity index (χ0) is 13.6. The highest BCUT2D eigenvalue weighted by molar-refractivity contribution is 5.82. The van der Waals surface area contributed by atoms with E-state index in [1.807, 2.05) is 0 Å². The molecule has 0 saturated carbocycles. The molecule has 1 aliphatic rings. The van der Waals surface area contributed by atoms with Crippen LogP contribution in [0.2, 0.25) is 0 Å². The predicted octanol–water partition coefficient (Wildman–Crippen LogP) is -1.09. The molecule has 1 fully saturated rings. The summed E-state index contributed by atoms with van der Waals surface area (Å²) >= 11 is 0. The van der Waals surface area contributed by atoms with Crippen molar-refractivity contribution >= 4 is 11.8 Å². The Bertz CT molecular complexity index is 296. The van der Waals surface area contributed by atoms with Crippen molar-refractivity contribution in [3.63, 3.8) is 0 Å². The summed E-state index contributed by atoms with van der Waals surface area (Å²) in [4.78, 5) is 25.0. The Morgan fingerprint density at radius 3 is 2.72 bits per heavy atom. The number of hydrogen-bond acceptors (Lipinski definition) is 4. The van der Waals surface area contributed by atoms with E-state index >= 15 is 0 Å². The number of amides is 2. The van der Waals surface area contributed by atoms with Gasteiger partial charge < -0.3 is 16.4 Å². The molecule has 0 unspecified atom stereocenters. The standard InChI is InChI=1S/C12H24N4O2/c1-12(2,11(13)18)9-15-10(17)8-16-6-3-4-14-5-7-16/h14H,3-9H2,1-2H3,(H2,13,18)(H,15,17). The molecule has 6 heteroatoms. The van der Waals surface area contributed by atoms with Crippen LogP contribution in [-0.2, 0) is 9.59 Å². The van der Waals surface area contributed by atoms with Crippen molar-refractivity contribution in [2.45, 2.75) is 20.3 Å². The van der Waals surface area contributed by atoms with Crippen LogP contribution in [0.3, 0.4) is 0 Å². The lowest BCUT2D eigenvalue weighted by Gasteiger charge is -2.23. The Kier molecular flexibility index (Phi) is 5.55. The first kappa shape index (κ1) is 14.9. The van der Waals surface area contributed by atoms with Gasteiger partial charge in [0.1, 0.15) is 0 Å². The minimum Gasteiger partial charge on any atom is -0.369 e. The van der Waals surface area contributed by atoms with Crippen molar-refractivity contribution < 1.29 is 9.59 Å². The summed E-state index contributed by atoms with van der Waals surface area (Å²) < 4.78 is 0. The number of primary amides is 1. The molecule has 2 amide bonds. The van der Waals surface area contributed by atoms with Gasteiger partial charge in [0, 0.05) is 19.6 Å². The summed E-state index contributed by atoms with van der Waals surface area (Å²) in [6.45, 7) is 7.86. The molecule has 18 heavy (non-hydrogen) atoms. The fraction of sp³-hybridized carbons (Fsp3) is 0.833. The van der Waals surface area contributed by atoms with Gasteiger partial charge in [0.2, 0.25) is 11.8 Å². The topological polar surface area (TPSA) is 87.5 Å². The Labute approximate surface area is 108 Å². The summed E-state index contributed by atoms with van der Waals surface area (Å²) in [5.74, 6) is -0.451. The van der Waals surface area contributed by atoms with Crippen LogP contribution in [0.15, 0.2) is 0 Å². The smallest absolute Gasteiger partial charge is 0.234 e. The molecule has 1 rings (SSSR count). The van der Waals surface area contributed by atoms with Crippen LogP contribution in [0.4, 0.5) is 0 Å². The molecule has 104 valence electrons. The summed E-state index contributed by atoms with van der Waals surface area (Å²) in [7, 11) is 0. The van der Waals surface area contributed by atoms with Gasteiger partial charge in [-0.2, -0.15) is 0 Å². The first-order valence-electron chi connectivity index (χ1n) is 6.41. The molecule has 1 aliphatic heterocycles. The lowest BCUT2D eigenvalue weighted by atomic mass is 9.93. The number of nitrogens with one attached hydrogen (secondary N) is 2. The first-order valence-corrected chi connectivity index (χ1v) is 6.41. The van der Waals surface area contributed by atoms with Gasteiger partial charge in [-0.15, -0.1) is 0 Å². The fourth-order valence-electron chi connectivity index (χ4n) is 1.73. The first-order chi connectivity index (χ1) is 8.42. The third-order valence-corrected chi connectivity index (χ3v) is 3.19. The molecule has 1 saturated heterocycles. The molecule has 0 aromatic heterocycles. The molecule has 0 aliphatic carbocycles. The predicted molar refractivity (Wildman–Crippen MR) is 69.9 cm³/mol. The normalized spacial score (nSPS) is 18.1. The number of nitrogens with two attached hydrogens (primary N) is 1. The quantitative estimate of drug-likeness (QED) is 0.583. The van der Waals surface area contributed by atoms with Crippen molar-refractivity contribution in [2.75, 3.05) is 39.3 Å². The van der Waals surface area contributed by atoms with Crippen LogP contribution in [0.1, 0.15) is 20.3 Å². The number of rotatable bonds is 5. The number of carbonyl (C=O) groups is 2. The highest BCUT2D eigenvalue weighted by Crippen LogP contribution is 2.11. The molecule has 0 aromatic carbocycles. The van der Waals surface area contributed by atoms with Crippen LogP contribution >= 0.6 is 0 Å². The molecular weight excluding hydrogens is 232 g/mol. The highest BCUT2D eigenvalue weighted by atomic mass is 16.2. The Morgan fingerprint density at radius 1 is 1.33 bits per heavy atom. The van der Waals surface area contributed by atoms with E-state index in [9.17, 15) is 9.59 Å². The van der Waals surface area contributed by atoms with Gasteiger partial charge in [-0.25, -0.2) is 0 Å². The Balaban J connectivity index is 2.30. The van der Waals surface area contributed by atoms with Crippen LogP contribution in [0, 0.1) is 5.41 Å². The molecule has 0 atom stereocenters. The van der Waals surface area contributed by atoms with Crippen LogP contribution in [0.5, 0.6) is 0 Å². The molecule has 0 radical (unpaired) electrons. The van der Waals surface area contributed by atoms with E-state index in [1.165, 1.54) is 0 Å². The van der Waals surface area contributed by atoms with Crippen molar-refractivity contribution in [2.24, 2.45) is 11.1 Å². The Morgan fingerprint density at radius 2 is 2.06 bits per heavy atom. The molecule has 4 N–H and O–H groups in total. The second kappa shape index (κ2) is 6.70. The van der Waals surface area contributed by atoms with E-state index in [2.05, 4.69) is 15.5 Å². The zero-order valence-electron chi connectivity index (χ0n) is 11.3.